The Kier molecular flexibility index (Phi) is 6.20. The molecule has 1 heterocycles. The molecule has 0 unspecified atom stereocenters. The number of anilines is 1. The van der Waals surface area contributed by atoms with Crippen LogP contribution in [0.1, 0.15) is 0 Å². The van der Waals surface area contributed by atoms with Crippen molar-refractivity contribution in [2.45, 2.75) is 18.3 Å². The van der Waals surface area contributed by atoms with Gasteiger partial charge in [0.2, 0.25) is 5.13 Å². The Labute approximate surface area is 137 Å². The lowest BCUT2D eigenvalue weighted by Gasteiger charge is -2.18. The molecule has 0 amide bonds. The molecule has 124 valence electrons. The van der Waals surface area contributed by atoms with Gasteiger partial charge in [0.05, 0.1) is 18.5 Å². The molecule has 0 spiro atoms. The van der Waals surface area contributed by atoms with Crippen molar-refractivity contribution in [3.05, 3.63) is 35.7 Å². The predicted octanol–water partition coefficient (Wildman–Crippen LogP) is 0.307. The van der Waals surface area contributed by atoms with Gasteiger partial charge in [-0.05, 0) is 0 Å². The average Bonchev–Trinajstić information content (AvgIpc) is 3.08. The van der Waals surface area contributed by atoms with Crippen LogP contribution in [0.25, 0.3) is 11.3 Å². The lowest BCUT2D eigenvalue weighted by Crippen LogP contribution is -2.40. The number of nitrogens with zero attached hydrogens (tertiary/aromatic N) is 3. The summed E-state index contributed by atoms with van der Waals surface area (Å²) in [5.41, 5.74) is 1.82. The molecule has 2 aromatic rings. The SMILES string of the molecule is CN(/N=C/[C@H](O)[C@@H](O)[C@@H](O)CO)c1nc(-c2ccccc2)cs1. The smallest absolute Gasteiger partial charge is 0.206 e. The van der Waals surface area contributed by atoms with Crippen LogP contribution in [0.4, 0.5) is 5.13 Å². The van der Waals surface area contributed by atoms with Crippen LogP contribution in [0.2, 0.25) is 0 Å². The first-order valence-corrected chi connectivity index (χ1v) is 7.84. The Bertz CT molecular complexity index is 635. The van der Waals surface area contributed by atoms with Crippen molar-refractivity contribution in [3.63, 3.8) is 0 Å². The van der Waals surface area contributed by atoms with E-state index in [1.54, 1.807) is 7.05 Å². The molecule has 8 heteroatoms. The Morgan fingerprint density at radius 2 is 1.96 bits per heavy atom. The van der Waals surface area contributed by atoms with Crippen molar-refractivity contribution in [3.8, 4) is 11.3 Å². The lowest BCUT2D eigenvalue weighted by molar-refractivity contribution is -0.0541. The quantitative estimate of drug-likeness (QED) is 0.428. The maximum absolute atomic E-state index is 9.68. The van der Waals surface area contributed by atoms with Gasteiger partial charge in [-0.15, -0.1) is 11.3 Å². The Hall–Kier alpha value is -1.84. The minimum absolute atomic E-state index is 0.615. The molecule has 7 nitrogen and oxygen atoms in total. The van der Waals surface area contributed by atoms with Crippen LogP contribution in [0.3, 0.4) is 0 Å². The predicted molar refractivity (Wildman–Crippen MR) is 89.6 cm³/mol. The van der Waals surface area contributed by atoms with E-state index in [9.17, 15) is 15.3 Å². The molecule has 0 radical (unpaired) electrons. The minimum atomic E-state index is -1.51. The lowest BCUT2D eigenvalue weighted by atomic mass is 10.1. The summed E-state index contributed by atoms with van der Waals surface area (Å²) < 4.78 is 0. The second-order valence-corrected chi connectivity index (χ2v) is 5.74. The zero-order valence-electron chi connectivity index (χ0n) is 12.5. The van der Waals surface area contributed by atoms with Crippen molar-refractivity contribution >= 4 is 22.7 Å². The Balaban J connectivity index is 2.02. The molecule has 0 bridgehead atoms. The number of aliphatic hydroxyl groups is 4. The van der Waals surface area contributed by atoms with E-state index >= 15 is 0 Å². The van der Waals surface area contributed by atoms with Crippen LogP contribution < -0.4 is 5.01 Å². The van der Waals surface area contributed by atoms with Crippen LogP contribution in [0, 0.1) is 0 Å². The largest absolute Gasteiger partial charge is 0.394 e. The maximum atomic E-state index is 9.68. The number of thiazole rings is 1. The summed E-state index contributed by atoms with van der Waals surface area (Å²) in [6.45, 7) is -0.644. The molecule has 0 saturated carbocycles. The first kappa shape index (κ1) is 17.5. The highest BCUT2D eigenvalue weighted by Crippen LogP contribution is 2.26. The second kappa shape index (κ2) is 8.14. The molecule has 23 heavy (non-hydrogen) atoms. The van der Waals surface area contributed by atoms with Crippen LogP contribution in [0.15, 0.2) is 40.8 Å². The highest BCUT2D eigenvalue weighted by molar-refractivity contribution is 7.14. The molecule has 0 fully saturated rings. The normalized spacial score (nSPS) is 15.5. The fourth-order valence-electron chi connectivity index (χ4n) is 1.80. The summed E-state index contributed by atoms with van der Waals surface area (Å²) >= 11 is 1.39. The van der Waals surface area contributed by atoms with Crippen molar-refractivity contribution in [1.82, 2.24) is 4.98 Å². The molecule has 4 N–H and O–H groups in total. The second-order valence-electron chi connectivity index (χ2n) is 4.90. The summed E-state index contributed by atoms with van der Waals surface area (Å²) in [7, 11) is 1.66. The third-order valence-corrected chi connectivity index (χ3v) is 4.07. The van der Waals surface area contributed by atoms with Gasteiger partial charge in [-0.3, -0.25) is 0 Å². The van der Waals surface area contributed by atoms with Gasteiger partial charge in [0.25, 0.3) is 0 Å². The molecule has 2 rings (SSSR count). The van der Waals surface area contributed by atoms with Gasteiger partial charge in [0.15, 0.2) is 0 Å². The van der Waals surface area contributed by atoms with E-state index in [0.717, 1.165) is 17.5 Å². The third-order valence-electron chi connectivity index (χ3n) is 3.16. The van der Waals surface area contributed by atoms with Gasteiger partial charge < -0.3 is 20.4 Å². The summed E-state index contributed by atoms with van der Waals surface area (Å²) in [5, 5.41) is 45.2. The van der Waals surface area contributed by atoms with Crippen LogP contribution in [-0.2, 0) is 0 Å². The number of hydrazone groups is 1. The standard InChI is InChI=1S/C15H19N3O4S/c1-18(16-7-12(20)14(22)13(21)8-19)15-17-11(9-23-15)10-5-3-2-4-6-10/h2-7,9,12-14,19-22H,8H2,1H3/b16-7+/t12-,13-,14+/m0/s1. The van der Waals surface area contributed by atoms with Crippen molar-refractivity contribution < 1.29 is 20.4 Å². The van der Waals surface area contributed by atoms with Crippen LogP contribution >= 0.6 is 11.3 Å². The highest BCUT2D eigenvalue weighted by Gasteiger charge is 2.22. The highest BCUT2D eigenvalue weighted by atomic mass is 32.1. The van der Waals surface area contributed by atoms with E-state index in [2.05, 4.69) is 10.1 Å². The van der Waals surface area contributed by atoms with Crippen molar-refractivity contribution in [2.24, 2.45) is 5.10 Å². The van der Waals surface area contributed by atoms with Crippen LogP contribution in [-0.4, -0.2) is 63.6 Å². The van der Waals surface area contributed by atoms with Gasteiger partial charge in [-0.1, -0.05) is 30.3 Å². The first-order chi connectivity index (χ1) is 11.0. The van der Waals surface area contributed by atoms with Gasteiger partial charge >= 0.3 is 0 Å². The molecule has 1 aromatic carbocycles. The molecule has 0 saturated heterocycles. The maximum Gasteiger partial charge on any atom is 0.206 e. The molecule has 1 aromatic heterocycles. The first-order valence-electron chi connectivity index (χ1n) is 6.96. The Morgan fingerprint density at radius 1 is 1.26 bits per heavy atom. The third kappa shape index (κ3) is 4.57. The summed E-state index contributed by atoms with van der Waals surface area (Å²) in [6.07, 6.45) is -3.24. The zero-order chi connectivity index (χ0) is 16.8. The molecular formula is C15H19N3O4S. The fraction of sp³-hybridized carbons (Fsp3) is 0.333. The van der Waals surface area contributed by atoms with Gasteiger partial charge in [-0.25, -0.2) is 9.99 Å². The minimum Gasteiger partial charge on any atom is -0.394 e. The molecule has 0 aliphatic heterocycles. The molecule has 3 atom stereocenters. The number of hydrogen-bond acceptors (Lipinski definition) is 8. The van der Waals surface area contributed by atoms with E-state index in [0.29, 0.717) is 5.13 Å². The van der Waals surface area contributed by atoms with E-state index < -0.39 is 24.9 Å². The summed E-state index contributed by atoms with van der Waals surface area (Å²) in [4.78, 5) is 4.45. The Morgan fingerprint density at radius 3 is 2.61 bits per heavy atom. The van der Waals surface area contributed by atoms with Gasteiger partial charge in [-0.2, -0.15) is 5.10 Å². The number of rotatable bonds is 7. The number of aromatic nitrogens is 1. The monoisotopic (exact) mass is 337 g/mol. The average molecular weight is 337 g/mol. The molecule has 0 aliphatic carbocycles. The van der Waals surface area contributed by atoms with E-state index in [4.69, 9.17) is 5.11 Å². The van der Waals surface area contributed by atoms with Crippen molar-refractivity contribution in [2.75, 3.05) is 18.7 Å². The number of benzene rings is 1. The van der Waals surface area contributed by atoms with Gasteiger partial charge in [0.1, 0.15) is 18.3 Å². The summed E-state index contributed by atoms with van der Waals surface area (Å²) in [5.74, 6) is 0. The molecule has 0 aliphatic rings. The fourth-order valence-corrected chi connectivity index (χ4v) is 2.55. The molecular weight excluding hydrogens is 318 g/mol. The van der Waals surface area contributed by atoms with Crippen LogP contribution in [0.5, 0.6) is 0 Å². The number of aliphatic hydroxyl groups excluding tert-OH is 4. The van der Waals surface area contributed by atoms with Gasteiger partial charge in [0, 0.05) is 18.0 Å². The van der Waals surface area contributed by atoms with Crippen molar-refractivity contribution in [1.29, 1.82) is 0 Å². The zero-order valence-corrected chi connectivity index (χ0v) is 13.3. The van der Waals surface area contributed by atoms with E-state index in [-0.39, 0.29) is 0 Å². The van der Waals surface area contributed by atoms with E-state index in [1.165, 1.54) is 16.3 Å². The number of hydrogen-bond donors (Lipinski definition) is 4. The van der Waals surface area contributed by atoms with E-state index in [1.807, 2.05) is 35.7 Å². The topological polar surface area (TPSA) is 109 Å². The summed E-state index contributed by atoms with van der Waals surface area (Å²) in [6, 6.07) is 9.71.